The molecule has 90 valence electrons. The van der Waals surface area contributed by atoms with Gasteiger partial charge in [-0.3, -0.25) is 4.79 Å². The molecule has 2 fully saturated rings. The highest BCUT2D eigenvalue weighted by atomic mass is 16.2. The van der Waals surface area contributed by atoms with Crippen molar-refractivity contribution in [1.29, 1.82) is 0 Å². The largest absolute Gasteiger partial charge is 0.399 e. The van der Waals surface area contributed by atoms with Crippen LogP contribution in [0, 0.1) is 5.92 Å². The Morgan fingerprint density at radius 1 is 1.29 bits per heavy atom. The Balaban J connectivity index is 1.71. The summed E-state index contributed by atoms with van der Waals surface area (Å²) < 4.78 is 0. The molecule has 0 aromatic heterocycles. The van der Waals surface area contributed by atoms with Crippen molar-refractivity contribution < 1.29 is 4.79 Å². The molecule has 3 heteroatoms. The summed E-state index contributed by atoms with van der Waals surface area (Å²) in [5.74, 6) is 0.940. The average Bonchev–Trinajstić information content (AvgIpc) is 3.20. The van der Waals surface area contributed by atoms with Crippen molar-refractivity contribution >= 4 is 11.6 Å². The number of nitrogen functional groups attached to an aromatic ring is 1. The van der Waals surface area contributed by atoms with Gasteiger partial charge in [0.25, 0.3) is 0 Å². The fraction of sp³-hybridized carbons (Fsp3) is 0.500. The molecular weight excluding hydrogens is 212 g/mol. The van der Waals surface area contributed by atoms with Gasteiger partial charge in [-0.15, -0.1) is 0 Å². The molecule has 1 aromatic rings. The zero-order valence-corrected chi connectivity index (χ0v) is 9.91. The lowest BCUT2D eigenvalue weighted by Crippen LogP contribution is -2.35. The molecule has 2 aliphatic rings. The summed E-state index contributed by atoms with van der Waals surface area (Å²) in [6.45, 7) is 0.857. The molecule has 2 saturated carbocycles. The van der Waals surface area contributed by atoms with Crippen LogP contribution >= 0.6 is 0 Å². The summed E-state index contributed by atoms with van der Waals surface area (Å²) >= 11 is 0. The van der Waals surface area contributed by atoms with Gasteiger partial charge in [0.2, 0.25) is 5.91 Å². The van der Waals surface area contributed by atoms with Crippen LogP contribution in [-0.4, -0.2) is 12.5 Å². The van der Waals surface area contributed by atoms with E-state index in [1.165, 1.54) is 12.8 Å². The molecule has 3 rings (SSSR count). The Labute approximate surface area is 101 Å². The predicted molar refractivity (Wildman–Crippen MR) is 67.5 cm³/mol. The van der Waals surface area contributed by atoms with E-state index in [-0.39, 0.29) is 11.3 Å². The van der Waals surface area contributed by atoms with Gasteiger partial charge in [0.1, 0.15) is 0 Å². The van der Waals surface area contributed by atoms with Crippen LogP contribution in [0.25, 0.3) is 0 Å². The summed E-state index contributed by atoms with van der Waals surface area (Å²) in [4.78, 5) is 12.2. The molecule has 0 aliphatic heterocycles. The smallest absolute Gasteiger partial charge is 0.230 e. The van der Waals surface area contributed by atoms with Gasteiger partial charge in [0.15, 0.2) is 0 Å². The number of carbonyl (C=O) groups excluding carboxylic acids is 1. The van der Waals surface area contributed by atoms with E-state index in [4.69, 9.17) is 5.73 Å². The van der Waals surface area contributed by atoms with Crippen LogP contribution in [0.2, 0.25) is 0 Å². The van der Waals surface area contributed by atoms with E-state index in [1.807, 2.05) is 24.3 Å². The third kappa shape index (κ3) is 2.02. The highest BCUT2D eigenvalue weighted by Crippen LogP contribution is 2.48. The zero-order chi connectivity index (χ0) is 11.9. The van der Waals surface area contributed by atoms with Gasteiger partial charge in [-0.05, 0) is 49.3 Å². The molecule has 0 atom stereocenters. The van der Waals surface area contributed by atoms with Crippen molar-refractivity contribution in [2.24, 2.45) is 5.92 Å². The van der Waals surface area contributed by atoms with Crippen molar-refractivity contribution in [3.63, 3.8) is 0 Å². The Hall–Kier alpha value is -1.51. The summed E-state index contributed by atoms with van der Waals surface area (Å²) in [6, 6.07) is 7.73. The maximum absolute atomic E-state index is 12.2. The Bertz CT molecular complexity index is 430. The quantitative estimate of drug-likeness (QED) is 0.775. The Kier molecular flexibility index (Phi) is 2.35. The molecular formula is C14H18N2O. The van der Waals surface area contributed by atoms with E-state index >= 15 is 0 Å². The minimum atomic E-state index is -0.247. The van der Waals surface area contributed by atoms with Crippen molar-refractivity contribution in [3.8, 4) is 0 Å². The number of amides is 1. The molecule has 3 N–H and O–H groups in total. The van der Waals surface area contributed by atoms with E-state index in [2.05, 4.69) is 5.32 Å². The SMILES string of the molecule is Nc1ccc(C2(C(=O)NCC3CC3)CC2)cc1. The minimum absolute atomic E-state index is 0.203. The van der Waals surface area contributed by atoms with E-state index < -0.39 is 0 Å². The number of hydrogen-bond acceptors (Lipinski definition) is 2. The first-order valence-corrected chi connectivity index (χ1v) is 6.35. The first-order valence-electron chi connectivity index (χ1n) is 6.35. The predicted octanol–water partition coefficient (Wildman–Crippen LogP) is 1.83. The molecule has 1 amide bonds. The third-order valence-corrected chi connectivity index (χ3v) is 3.90. The second-order valence-corrected chi connectivity index (χ2v) is 5.36. The zero-order valence-electron chi connectivity index (χ0n) is 9.91. The van der Waals surface area contributed by atoms with Gasteiger partial charge >= 0.3 is 0 Å². The first kappa shape index (κ1) is 10.6. The van der Waals surface area contributed by atoms with Crippen LogP contribution in [0.1, 0.15) is 31.2 Å². The number of rotatable bonds is 4. The lowest BCUT2D eigenvalue weighted by Gasteiger charge is -2.15. The van der Waals surface area contributed by atoms with Crippen LogP contribution in [0.5, 0.6) is 0 Å². The second kappa shape index (κ2) is 3.76. The van der Waals surface area contributed by atoms with Crippen molar-refractivity contribution in [2.45, 2.75) is 31.1 Å². The number of anilines is 1. The standard InChI is InChI=1S/C14H18N2O/c15-12-5-3-11(4-6-12)14(7-8-14)13(17)16-9-10-1-2-10/h3-6,10H,1-2,7-9,15H2,(H,16,17). The Morgan fingerprint density at radius 3 is 2.47 bits per heavy atom. The van der Waals surface area contributed by atoms with Crippen LogP contribution < -0.4 is 11.1 Å². The summed E-state index contributed by atoms with van der Waals surface area (Å²) in [7, 11) is 0. The molecule has 0 radical (unpaired) electrons. The van der Waals surface area contributed by atoms with Crippen LogP contribution in [0.3, 0.4) is 0 Å². The van der Waals surface area contributed by atoms with Gasteiger partial charge in [-0.25, -0.2) is 0 Å². The fourth-order valence-electron chi connectivity index (χ4n) is 2.30. The number of benzene rings is 1. The molecule has 0 spiro atoms. The highest BCUT2D eigenvalue weighted by Gasteiger charge is 2.51. The van der Waals surface area contributed by atoms with Crippen molar-refractivity contribution in [3.05, 3.63) is 29.8 Å². The summed E-state index contributed by atoms with van der Waals surface area (Å²) in [5, 5.41) is 3.09. The lowest BCUT2D eigenvalue weighted by molar-refractivity contribution is -0.123. The molecule has 3 nitrogen and oxygen atoms in total. The van der Waals surface area contributed by atoms with Crippen LogP contribution in [0.4, 0.5) is 5.69 Å². The number of hydrogen-bond donors (Lipinski definition) is 2. The number of carbonyl (C=O) groups is 1. The minimum Gasteiger partial charge on any atom is -0.399 e. The van der Waals surface area contributed by atoms with Gasteiger partial charge in [-0.1, -0.05) is 12.1 Å². The van der Waals surface area contributed by atoms with E-state index in [0.717, 1.165) is 36.6 Å². The van der Waals surface area contributed by atoms with Gasteiger partial charge in [0.05, 0.1) is 5.41 Å². The van der Waals surface area contributed by atoms with Crippen molar-refractivity contribution in [2.75, 3.05) is 12.3 Å². The molecule has 0 heterocycles. The third-order valence-electron chi connectivity index (χ3n) is 3.90. The van der Waals surface area contributed by atoms with Crippen molar-refractivity contribution in [1.82, 2.24) is 5.32 Å². The van der Waals surface area contributed by atoms with E-state index in [0.29, 0.717) is 0 Å². The topological polar surface area (TPSA) is 55.1 Å². The number of nitrogens with two attached hydrogens (primary N) is 1. The maximum Gasteiger partial charge on any atom is 0.230 e. The monoisotopic (exact) mass is 230 g/mol. The molecule has 0 bridgehead atoms. The van der Waals surface area contributed by atoms with Gasteiger partial charge < -0.3 is 11.1 Å². The average molecular weight is 230 g/mol. The summed E-state index contributed by atoms with van der Waals surface area (Å²) in [5.41, 5.74) is 7.29. The van der Waals surface area contributed by atoms with Crippen LogP contribution in [0.15, 0.2) is 24.3 Å². The fourth-order valence-corrected chi connectivity index (χ4v) is 2.30. The first-order chi connectivity index (χ1) is 8.21. The Morgan fingerprint density at radius 2 is 1.94 bits per heavy atom. The summed E-state index contributed by atoms with van der Waals surface area (Å²) in [6.07, 6.45) is 4.48. The lowest BCUT2D eigenvalue weighted by atomic mass is 9.94. The molecule has 0 unspecified atom stereocenters. The molecule has 0 saturated heterocycles. The van der Waals surface area contributed by atoms with E-state index in [1.54, 1.807) is 0 Å². The maximum atomic E-state index is 12.2. The van der Waals surface area contributed by atoms with Gasteiger partial charge in [-0.2, -0.15) is 0 Å². The molecule has 17 heavy (non-hydrogen) atoms. The molecule has 1 aromatic carbocycles. The highest BCUT2D eigenvalue weighted by molar-refractivity contribution is 5.91. The van der Waals surface area contributed by atoms with Gasteiger partial charge in [0, 0.05) is 12.2 Å². The van der Waals surface area contributed by atoms with E-state index in [9.17, 15) is 4.79 Å². The number of nitrogens with one attached hydrogen (secondary N) is 1. The normalized spacial score (nSPS) is 20.9. The van der Waals surface area contributed by atoms with Crippen LogP contribution in [-0.2, 0) is 10.2 Å². The second-order valence-electron chi connectivity index (χ2n) is 5.36. The molecule has 2 aliphatic carbocycles.